The van der Waals surface area contributed by atoms with Gasteiger partial charge in [-0.25, -0.2) is 9.18 Å². The molecule has 3 aromatic carbocycles. The molecule has 6 heteroatoms. The fourth-order valence-electron chi connectivity index (χ4n) is 2.51. The standard InChI is InChI=1S/C21H17FN2O3/c1-27-21(26)18-7-2-3-8-19(18)23-16-9-11-17(12-10-16)24-20(25)14-5-4-6-15(22)13-14/h2-13,23H,1H3,(H,24,25). The molecule has 0 spiro atoms. The summed E-state index contributed by atoms with van der Waals surface area (Å²) in [5.74, 6) is -1.30. The van der Waals surface area contributed by atoms with Gasteiger partial charge in [-0.15, -0.1) is 0 Å². The molecule has 0 fully saturated rings. The van der Waals surface area contributed by atoms with Crippen LogP contribution in [0.15, 0.2) is 72.8 Å². The van der Waals surface area contributed by atoms with E-state index in [4.69, 9.17) is 4.74 Å². The molecule has 3 rings (SSSR count). The van der Waals surface area contributed by atoms with Gasteiger partial charge in [0, 0.05) is 16.9 Å². The normalized spacial score (nSPS) is 10.1. The van der Waals surface area contributed by atoms with E-state index in [1.165, 1.54) is 31.4 Å². The summed E-state index contributed by atoms with van der Waals surface area (Å²) in [7, 11) is 1.33. The van der Waals surface area contributed by atoms with Crippen molar-refractivity contribution >= 4 is 28.9 Å². The van der Waals surface area contributed by atoms with Crippen LogP contribution in [0, 0.1) is 5.82 Å². The molecule has 1 amide bonds. The summed E-state index contributed by atoms with van der Waals surface area (Å²) in [4.78, 5) is 24.0. The van der Waals surface area contributed by atoms with Crippen molar-refractivity contribution in [3.8, 4) is 0 Å². The van der Waals surface area contributed by atoms with Crippen LogP contribution in [0.2, 0.25) is 0 Å². The smallest absolute Gasteiger partial charge is 0.339 e. The summed E-state index contributed by atoms with van der Waals surface area (Å²) in [6.07, 6.45) is 0. The van der Waals surface area contributed by atoms with Gasteiger partial charge < -0.3 is 15.4 Å². The number of ether oxygens (including phenoxy) is 1. The summed E-state index contributed by atoms with van der Waals surface area (Å²) < 4.78 is 18.0. The van der Waals surface area contributed by atoms with Crippen molar-refractivity contribution in [2.24, 2.45) is 0 Å². The molecule has 0 atom stereocenters. The number of carbonyl (C=O) groups excluding carboxylic acids is 2. The van der Waals surface area contributed by atoms with E-state index < -0.39 is 17.7 Å². The van der Waals surface area contributed by atoms with Gasteiger partial charge in [0.1, 0.15) is 5.82 Å². The Morgan fingerprint density at radius 1 is 0.889 bits per heavy atom. The second-order valence-corrected chi connectivity index (χ2v) is 5.70. The first kappa shape index (κ1) is 18.1. The highest BCUT2D eigenvalue weighted by Crippen LogP contribution is 2.23. The van der Waals surface area contributed by atoms with Gasteiger partial charge in [-0.2, -0.15) is 0 Å². The molecule has 0 saturated carbocycles. The summed E-state index contributed by atoms with van der Waals surface area (Å²) in [6, 6.07) is 19.4. The zero-order valence-electron chi connectivity index (χ0n) is 14.5. The van der Waals surface area contributed by atoms with Crippen LogP contribution < -0.4 is 10.6 Å². The van der Waals surface area contributed by atoms with E-state index >= 15 is 0 Å². The predicted octanol–water partition coefficient (Wildman–Crippen LogP) is 4.61. The van der Waals surface area contributed by atoms with E-state index in [0.717, 1.165) is 5.69 Å². The number of hydrogen-bond donors (Lipinski definition) is 2. The first-order chi connectivity index (χ1) is 13.1. The van der Waals surface area contributed by atoms with Gasteiger partial charge in [-0.3, -0.25) is 4.79 Å². The molecule has 0 radical (unpaired) electrons. The molecule has 0 unspecified atom stereocenters. The van der Waals surface area contributed by atoms with Crippen LogP contribution in [0.25, 0.3) is 0 Å². The maximum absolute atomic E-state index is 13.2. The fourth-order valence-corrected chi connectivity index (χ4v) is 2.51. The Labute approximate surface area is 155 Å². The second-order valence-electron chi connectivity index (χ2n) is 5.70. The average molecular weight is 364 g/mol. The van der Waals surface area contributed by atoms with Crippen LogP contribution in [-0.4, -0.2) is 19.0 Å². The molecule has 136 valence electrons. The van der Waals surface area contributed by atoms with E-state index in [2.05, 4.69) is 10.6 Å². The Morgan fingerprint density at radius 3 is 2.30 bits per heavy atom. The van der Waals surface area contributed by atoms with Crippen molar-refractivity contribution in [1.82, 2.24) is 0 Å². The largest absolute Gasteiger partial charge is 0.465 e. The minimum atomic E-state index is -0.466. The molecule has 0 saturated heterocycles. The van der Waals surface area contributed by atoms with Gasteiger partial charge >= 0.3 is 5.97 Å². The molecule has 5 nitrogen and oxygen atoms in total. The fraction of sp³-hybridized carbons (Fsp3) is 0.0476. The number of nitrogens with one attached hydrogen (secondary N) is 2. The highest BCUT2D eigenvalue weighted by Gasteiger charge is 2.11. The Bertz CT molecular complexity index is 971. The Hall–Kier alpha value is -3.67. The Morgan fingerprint density at radius 2 is 1.59 bits per heavy atom. The zero-order chi connectivity index (χ0) is 19.2. The molecule has 0 bridgehead atoms. The molecular weight excluding hydrogens is 347 g/mol. The second kappa shape index (κ2) is 8.14. The summed E-state index contributed by atoms with van der Waals surface area (Å²) >= 11 is 0. The molecule has 0 aliphatic carbocycles. The minimum Gasteiger partial charge on any atom is -0.465 e. The van der Waals surface area contributed by atoms with E-state index in [-0.39, 0.29) is 5.56 Å². The third kappa shape index (κ3) is 4.49. The Balaban J connectivity index is 1.71. The first-order valence-corrected chi connectivity index (χ1v) is 8.18. The minimum absolute atomic E-state index is 0.240. The lowest BCUT2D eigenvalue weighted by Crippen LogP contribution is -2.12. The molecule has 0 aliphatic heterocycles. The number of methoxy groups -OCH3 is 1. The average Bonchev–Trinajstić information content (AvgIpc) is 2.69. The van der Waals surface area contributed by atoms with E-state index in [1.54, 1.807) is 42.5 Å². The quantitative estimate of drug-likeness (QED) is 0.649. The van der Waals surface area contributed by atoms with Crippen LogP contribution in [0.1, 0.15) is 20.7 Å². The van der Waals surface area contributed by atoms with Gasteiger partial charge in [0.15, 0.2) is 0 Å². The van der Waals surface area contributed by atoms with Gasteiger partial charge in [0.05, 0.1) is 18.4 Å². The third-order valence-electron chi connectivity index (χ3n) is 3.84. The molecule has 0 aromatic heterocycles. The van der Waals surface area contributed by atoms with E-state index in [1.807, 2.05) is 6.07 Å². The molecule has 3 aromatic rings. The molecule has 27 heavy (non-hydrogen) atoms. The monoisotopic (exact) mass is 364 g/mol. The zero-order valence-corrected chi connectivity index (χ0v) is 14.5. The summed E-state index contributed by atoms with van der Waals surface area (Å²) in [5, 5.41) is 5.85. The number of halogens is 1. The lowest BCUT2D eigenvalue weighted by atomic mass is 10.1. The highest BCUT2D eigenvalue weighted by molar-refractivity contribution is 6.04. The van der Waals surface area contributed by atoms with Gasteiger partial charge in [0.25, 0.3) is 5.91 Å². The number of anilines is 3. The van der Waals surface area contributed by atoms with Crippen molar-refractivity contribution in [3.05, 3.63) is 89.7 Å². The molecule has 2 N–H and O–H groups in total. The Kier molecular flexibility index (Phi) is 5.47. The van der Waals surface area contributed by atoms with Crippen molar-refractivity contribution in [1.29, 1.82) is 0 Å². The van der Waals surface area contributed by atoms with Crippen LogP contribution in [0.4, 0.5) is 21.5 Å². The van der Waals surface area contributed by atoms with E-state index in [0.29, 0.717) is 16.9 Å². The van der Waals surface area contributed by atoms with Crippen molar-refractivity contribution < 1.29 is 18.7 Å². The van der Waals surface area contributed by atoms with Gasteiger partial charge in [0.2, 0.25) is 0 Å². The van der Waals surface area contributed by atoms with E-state index in [9.17, 15) is 14.0 Å². The number of benzene rings is 3. The lowest BCUT2D eigenvalue weighted by molar-refractivity contribution is 0.0601. The summed E-state index contributed by atoms with van der Waals surface area (Å²) in [6.45, 7) is 0. The number of rotatable bonds is 5. The first-order valence-electron chi connectivity index (χ1n) is 8.18. The number of para-hydroxylation sites is 1. The maximum Gasteiger partial charge on any atom is 0.339 e. The van der Waals surface area contributed by atoms with Crippen LogP contribution in [0.3, 0.4) is 0 Å². The van der Waals surface area contributed by atoms with Crippen molar-refractivity contribution in [3.63, 3.8) is 0 Å². The number of amides is 1. The summed E-state index contributed by atoms with van der Waals surface area (Å²) in [5.41, 5.74) is 2.57. The third-order valence-corrected chi connectivity index (χ3v) is 3.84. The molecule has 0 heterocycles. The SMILES string of the molecule is COC(=O)c1ccccc1Nc1ccc(NC(=O)c2cccc(F)c2)cc1. The number of esters is 1. The topological polar surface area (TPSA) is 67.4 Å². The van der Waals surface area contributed by atoms with Crippen LogP contribution >= 0.6 is 0 Å². The lowest BCUT2D eigenvalue weighted by Gasteiger charge is -2.11. The van der Waals surface area contributed by atoms with Crippen LogP contribution in [-0.2, 0) is 4.74 Å². The molecule has 0 aliphatic rings. The number of hydrogen-bond acceptors (Lipinski definition) is 4. The van der Waals surface area contributed by atoms with Crippen molar-refractivity contribution in [2.45, 2.75) is 0 Å². The number of carbonyl (C=O) groups is 2. The predicted molar refractivity (Wildman–Crippen MR) is 102 cm³/mol. The van der Waals surface area contributed by atoms with Gasteiger partial charge in [-0.1, -0.05) is 18.2 Å². The van der Waals surface area contributed by atoms with Crippen molar-refractivity contribution in [2.75, 3.05) is 17.7 Å². The van der Waals surface area contributed by atoms with Crippen LogP contribution in [0.5, 0.6) is 0 Å². The maximum atomic E-state index is 13.2. The van der Waals surface area contributed by atoms with Gasteiger partial charge in [-0.05, 0) is 54.6 Å². The molecular formula is C21H17FN2O3. The highest BCUT2D eigenvalue weighted by atomic mass is 19.1.